The Hall–Kier alpha value is -2.18. The summed E-state index contributed by atoms with van der Waals surface area (Å²) in [6, 6.07) is 13.7. The Morgan fingerprint density at radius 3 is 1.04 bits per heavy atom. The van der Waals surface area contributed by atoms with Crippen molar-refractivity contribution in [3.63, 3.8) is 0 Å². The average Bonchev–Trinajstić information content (AvgIpc) is 2.92. The normalized spacial score (nSPS) is 11.5. The molecule has 1 aromatic heterocycles. The topological polar surface area (TPSA) is 87.2 Å². The van der Waals surface area contributed by atoms with Crippen LogP contribution in [0.15, 0.2) is 42.5 Å². The molecule has 0 saturated carbocycles. The van der Waals surface area contributed by atoms with Gasteiger partial charge in [-0.2, -0.15) is 28.2 Å². The molecule has 5 nitrogen and oxygen atoms in total. The Balaban J connectivity index is 0. The summed E-state index contributed by atoms with van der Waals surface area (Å²) in [7, 11) is 7.00. The van der Waals surface area contributed by atoms with Gasteiger partial charge in [-0.3, -0.25) is 0 Å². The Morgan fingerprint density at radius 2 is 0.833 bits per heavy atom. The second kappa shape index (κ2) is 20.5. The maximum Gasteiger partial charge on any atom is 4.00 e. The average molecular weight is 694 g/mol. The van der Waals surface area contributed by atoms with Crippen LogP contribution in [-0.2, 0) is 43.4 Å². The predicted molar refractivity (Wildman–Crippen MR) is 204 cm³/mol. The van der Waals surface area contributed by atoms with E-state index >= 15 is 0 Å². The minimum atomic E-state index is -0.296. The van der Waals surface area contributed by atoms with Gasteiger partial charge in [0.25, 0.3) is 0 Å². The minimum Gasteiger partial charge on any atom is -0.872 e. The number of hydrogen-bond donors (Lipinski definition) is 0. The molecule has 2 aromatic carbocycles. The van der Waals surface area contributed by atoms with Gasteiger partial charge in [0, 0.05) is 0 Å². The van der Waals surface area contributed by atoms with Crippen LogP contribution < -0.4 is 10.2 Å². The molecule has 266 valence electrons. The Labute approximate surface area is 311 Å². The molecule has 0 aliphatic heterocycles. The Bertz CT molecular complexity index is 1270. The molecule has 0 N–H and O–H groups in total. The van der Waals surface area contributed by atoms with Crippen molar-refractivity contribution in [2.75, 3.05) is 28.2 Å². The number of pyridine rings is 1. The second-order valence-corrected chi connectivity index (χ2v) is 16.5. The molecule has 0 saturated heterocycles. The van der Waals surface area contributed by atoms with Crippen molar-refractivity contribution in [1.29, 1.82) is 0 Å². The van der Waals surface area contributed by atoms with Gasteiger partial charge in [0.2, 0.25) is 0 Å². The van der Waals surface area contributed by atoms with E-state index in [2.05, 4.69) is 108 Å². The maximum absolute atomic E-state index is 13.7. The molecule has 3 rings (SSSR count). The van der Waals surface area contributed by atoms with Gasteiger partial charge in [-0.05, 0) is 79.3 Å². The molecule has 3 aromatic rings. The molecule has 0 fully saturated rings. The van der Waals surface area contributed by atoms with Gasteiger partial charge in [0.15, 0.2) is 0 Å². The molecule has 0 atom stereocenters. The smallest absolute Gasteiger partial charge is 0.872 e. The molecule has 0 unspecified atom stereocenters. The van der Waals surface area contributed by atoms with Crippen molar-refractivity contribution in [2.45, 2.75) is 138 Å². The van der Waals surface area contributed by atoms with Crippen LogP contribution in [0.25, 0.3) is 33.1 Å². The predicted octanol–water partition coefficient (Wildman–Crippen LogP) is 11.2. The van der Waals surface area contributed by atoms with Crippen molar-refractivity contribution >= 4 is 0 Å². The molecule has 0 radical (unpaired) electrons. The van der Waals surface area contributed by atoms with E-state index in [9.17, 15) is 10.2 Å². The first kappa shape index (κ1) is 47.9. The number of hydrogen-bond acceptors (Lipinski definition) is 3. The van der Waals surface area contributed by atoms with Crippen molar-refractivity contribution in [3.8, 4) is 34.0 Å². The van der Waals surface area contributed by atoms with E-state index in [-0.39, 0.29) is 54.9 Å². The fourth-order valence-corrected chi connectivity index (χ4v) is 4.71. The van der Waals surface area contributed by atoms with E-state index < -0.39 is 0 Å². The summed E-state index contributed by atoms with van der Waals surface area (Å²) in [6.45, 7) is 29.8. The van der Waals surface area contributed by atoms with Gasteiger partial charge in [-0.25, -0.2) is 4.98 Å². The van der Waals surface area contributed by atoms with Crippen molar-refractivity contribution < 1.29 is 31.9 Å². The van der Waals surface area contributed by atoms with E-state index in [4.69, 9.17) is 4.98 Å². The van der Waals surface area contributed by atoms with E-state index in [1.165, 1.54) is 19.3 Å². The zero-order valence-corrected chi connectivity index (χ0v) is 35.4. The monoisotopic (exact) mass is 693 g/mol. The van der Waals surface area contributed by atoms with Gasteiger partial charge in [-0.15, -0.1) is 0 Å². The summed E-state index contributed by atoms with van der Waals surface area (Å²) < 4.78 is 0. The zero-order valence-electron chi connectivity index (χ0n) is 33.8. The number of aromatic nitrogens is 1. The van der Waals surface area contributed by atoms with Crippen LogP contribution in [0.2, 0.25) is 0 Å². The summed E-state index contributed by atoms with van der Waals surface area (Å²) in [5, 5.41) is 34.4. The molecule has 0 aliphatic carbocycles. The third-order valence-electron chi connectivity index (χ3n) is 7.53. The number of benzene rings is 2. The molecular weight excluding hydrogens is 626 g/mol. The largest absolute Gasteiger partial charge is 4.00 e. The van der Waals surface area contributed by atoms with Gasteiger partial charge in [0.05, 0.1) is 11.4 Å². The Morgan fingerprint density at radius 1 is 0.542 bits per heavy atom. The summed E-state index contributed by atoms with van der Waals surface area (Å²) in [5.74, 6) is 0.00244. The first-order valence-electron chi connectivity index (χ1n) is 17.1. The van der Waals surface area contributed by atoms with Crippen LogP contribution in [0.4, 0.5) is 0 Å². The van der Waals surface area contributed by atoms with Gasteiger partial charge in [-0.1, -0.05) is 146 Å². The maximum atomic E-state index is 13.7. The second-order valence-electron chi connectivity index (χ2n) is 16.5. The quantitative estimate of drug-likeness (QED) is 0.255. The molecule has 0 amide bonds. The van der Waals surface area contributed by atoms with E-state index in [0.29, 0.717) is 22.5 Å². The summed E-state index contributed by atoms with van der Waals surface area (Å²) in [5.41, 5.74) is 5.32. The van der Waals surface area contributed by atoms with Crippen LogP contribution in [0, 0.1) is 0 Å². The van der Waals surface area contributed by atoms with E-state index in [1.54, 1.807) is 28.2 Å². The summed E-state index contributed by atoms with van der Waals surface area (Å²) >= 11 is 0. The van der Waals surface area contributed by atoms with Gasteiger partial charge in [0.1, 0.15) is 0 Å². The van der Waals surface area contributed by atoms with Crippen LogP contribution >= 0.6 is 0 Å². The van der Waals surface area contributed by atoms with E-state index in [1.807, 2.05) is 42.5 Å². The van der Waals surface area contributed by atoms with Gasteiger partial charge >= 0.3 is 21.7 Å². The van der Waals surface area contributed by atoms with Gasteiger partial charge < -0.3 is 20.8 Å². The molecule has 0 bridgehead atoms. The van der Waals surface area contributed by atoms with Crippen LogP contribution in [-0.4, -0.2) is 33.2 Å². The molecule has 0 spiro atoms. The molecule has 48 heavy (non-hydrogen) atoms. The SMILES string of the molecule is CC(C)(C)c1cc(-c2cccc(-c3cc(C(C)(C)C)cc(C(C)(C)C)c3[O-])n2)c([O-])c(C(C)(C)C)c1.CCCCC.C[N-]C.C[N-]C.[Ti+4]. The minimum absolute atomic E-state index is 0. The van der Waals surface area contributed by atoms with Crippen molar-refractivity contribution in [2.24, 2.45) is 0 Å². The molecule has 0 aliphatic rings. The third kappa shape index (κ3) is 14.7. The molecule has 6 heteroatoms. The van der Waals surface area contributed by atoms with Crippen LogP contribution in [0.1, 0.15) is 138 Å². The van der Waals surface area contributed by atoms with E-state index in [0.717, 1.165) is 22.3 Å². The summed E-state index contributed by atoms with van der Waals surface area (Å²) in [6.07, 6.45) is 4.08. The number of rotatable bonds is 4. The standard InChI is InChI=1S/C33H45NO2.C5H12.2C2H6N.Ti/c1-30(2,3)20-16-22(28(35)24(18-20)32(7,8)9)26-14-13-15-27(34-26)23-17-21(31(4,5)6)19-25(29(23)36)33(10,11)12;1-3-5-4-2;2*1-3-2;/h13-19,35-36H,1-12H3;3-5H2,1-2H3;2*1-2H3;/q;;2*-1;+4/p-2. The zero-order chi connectivity index (χ0) is 37.0. The molecule has 1 heterocycles. The number of unbranched alkanes of at least 4 members (excludes halogenated alkanes) is 2. The van der Waals surface area contributed by atoms with Crippen LogP contribution in [0.3, 0.4) is 0 Å². The van der Waals surface area contributed by atoms with Crippen molar-refractivity contribution in [1.82, 2.24) is 4.98 Å². The first-order chi connectivity index (χ1) is 21.5. The Kier molecular flexibility index (Phi) is 20.5. The fourth-order valence-electron chi connectivity index (χ4n) is 4.71. The fraction of sp³-hybridized carbons (Fsp3) is 0.595. The number of nitrogens with zero attached hydrogens (tertiary/aromatic N) is 3. The first-order valence-corrected chi connectivity index (χ1v) is 17.1. The third-order valence-corrected chi connectivity index (χ3v) is 7.53. The summed E-state index contributed by atoms with van der Waals surface area (Å²) in [4.78, 5) is 4.93. The van der Waals surface area contributed by atoms with Crippen molar-refractivity contribution in [3.05, 3.63) is 75.4 Å². The van der Waals surface area contributed by atoms with Crippen LogP contribution in [0.5, 0.6) is 11.5 Å². The molecular formula is C42H67N3O2Ti.